The van der Waals surface area contributed by atoms with E-state index in [9.17, 15) is 13.5 Å². The highest BCUT2D eigenvalue weighted by atomic mass is 32.2. The molecule has 1 atom stereocenters. The van der Waals surface area contributed by atoms with Gasteiger partial charge >= 0.3 is 0 Å². The second-order valence-electron chi connectivity index (χ2n) is 5.07. The van der Waals surface area contributed by atoms with Gasteiger partial charge in [0.1, 0.15) is 0 Å². The Bertz CT molecular complexity index is 586. The van der Waals surface area contributed by atoms with Crippen molar-refractivity contribution in [3.8, 4) is 6.07 Å². The molecule has 0 fully saturated rings. The summed E-state index contributed by atoms with van der Waals surface area (Å²) >= 11 is 0. The molecule has 0 heterocycles. The Hall–Kier alpha value is -1.42. The van der Waals surface area contributed by atoms with Crippen LogP contribution in [0.3, 0.4) is 0 Å². The van der Waals surface area contributed by atoms with E-state index in [0.717, 1.165) is 0 Å². The number of rotatable bonds is 5. The monoisotopic (exact) mass is 282 g/mol. The molecule has 104 valence electrons. The van der Waals surface area contributed by atoms with Crippen molar-refractivity contribution in [3.05, 3.63) is 35.4 Å². The molecule has 0 aliphatic carbocycles. The molecule has 0 spiro atoms. The maximum absolute atomic E-state index is 12.0. The molecular formula is C13H18N2O3S. The Morgan fingerprint density at radius 3 is 2.63 bits per heavy atom. The van der Waals surface area contributed by atoms with Gasteiger partial charge in [-0.1, -0.05) is 12.1 Å². The second-order valence-corrected chi connectivity index (χ2v) is 6.79. The highest BCUT2D eigenvalue weighted by Gasteiger charge is 2.29. The summed E-state index contributed by atoms with van der Waals surface area (Å²) in [6.07, 6.45) is -0.812. The first-order chi connectivity index (χ1) is 8.66. The zero-order valence-electron chi connectivity index (χ0n) is 11.2. The van der Waals surface area contributed by atoms with Crippen molar-refractivity contribution in [2.75, 3.05) is 0 Å². The van der Waals surface area contributed by atoms with Crippen molar-refractivity contribution in [3.63, 3.8) is 0 Å². The summed E-state index contributed by atoms with van der Waals surface area (Å²) in [5.41, 5.74) is 0.0153. The number of aliphatic hydroxyl groups excluding tert-OH is 1. The van der Waals surface area contributed by atoms with Gasteiger partial charge in [0.05, 0.1) is 29.0 Å². The molecule has 1 aromatic carbocycles. The molecule has 19 heavy (non-hydrogen) atoms. The SMILES string of the molecule is CC(O)C(C)(C)NS(=O)(=O)Cc1cccc(C#N)c1. The van der Waals surface area contributed by atoms with Crippen LogP contribution in [0.4, 0.5) is 0 Å². The number of hydrogen-bond donors (Lipinski definition) is 2. The molecule has 0 amide bonds. The van der Waals surface area contributed by atoms with Gasteiger partial charge in [-0.15, -0.1) is 0 Å². The van der Waals surface area contributed by atoms with Crippen LogP contribution in [0.15, 0.2) is 24.3 Å². The summed E-state index contributed by atoms with van der Waals surface area (Å²) in [6, 6.07) is 8.41. The highest BCUT2D eigenvalue weighted by molar-refractivity contribution is 7.88. The average Bonchev–Trinajstić information content (AvgIpc) is 2.26. The first-order valence-corrected chi connectivity index (χ1v) is 7.50. The summed E-state index contributed by atoms with van der Waals surface area (Å²) in [7, 11) is -3.58. The Kier molecular flexibility index (Phi) is 4.69. The summed E-state index contributed by atoms with van der Waals surface area (Å²) in [4.78, 5) is 0. The molecule has 0 radical (unpaired) electrons. The van der Waals surface area contributed by atoms with Gasteiger partial charge in [-0.3, -0.25) is 0 Å². The van der Waals surface area contributed by atoms with Gasteiger partial charge in [0.2, 0.25) is 10.0 Å². The molecule has 1 unspecified atom stereocenters. The smallest absolute Gasteiger partial charge is 0.216 e. The molecule has 0 bridgehead atoms. The number of nitrogens with one attached hydrogen (secondary N) is 1. The van der Waals surface area contributed by atoms with E-state index in [-0.39, 0.29) is 5.75 Å². The van der Waals surface area contributed by atoms with Crippen molar-refractivity contribution >= 4 is 10.0 Å². The lowest BCUT2D eigenvalue weighted by atomic mass is 10.0. The van der Waals surface area contributed by atoms with Crippen molar-refractivity contribution in [1.82, 2.24) is 4.72 Å². The molecular weight excluding hydrogens is 264 g/mol. The van der Waals surface area contributed by atoms with Gasteiger partial charge in [-0.05, 0) is 38.5 Å². The fourth-order valence-electron chi connectivity index (χ4n) is 1.47. The van der Waals surface area contributed by atoms with Crippen LogP contribution in [-0.4, -0.2) is 25.2 Å². The molecule has 5 nitrogen and oxygen atoms in total. The van der Waals surface area contributed by atoms with E-state index in [2.05, 4.69) is 4.72 Å². The van der Waals surface area contributed by atoms with Gasteiger partial charge in [0.25, 0.3) is 0 Å². The van der Waals surface area contributed by atoms with Crippen LogP contribution < -0.4 is 4.72 Å². The van der Waals surface area contributed by atoms with Crippen molar-refractivity contribution in [2.24, 2.45) is 0 Å². The van der Waals surface area contributed by atoms with Gasteiger partial charge in [0.15, 0.2) is 0 Å². The van der Waals surface area contributed by atoms with Crippen molar-refractivity contribution in [2.45, 2.75) is 38.2 Å². The van der Waals surface area contributed by atoms with E-state index in [1.165, 1.54) is 13.0 Å². The third-order valence-corrected chi connectivity index (χ3v) is 4.43. The standard InChI is InChI=1S/C13H18N2O3S/c1-10(16)13(2,3)15-19(17,18)9-12-6-4-5-11(7-12)8-14/h4-7,10,15-16H,9H2,1-3H3. The normalized spacial score (nSPS) is 13.8. The third-order valence-electron chi connectivity index (χ3n) is 2.88. The lowest BCUT2D eigenvalue weighted by Crippen LogP contribution is -2.51. The molecule has 1 rings (SSSR count). The summed E-state index contributed by atoms with van der Waals surface area (Å²) in [5, 5.41) is 18.3. The number of benzene rings is 1. The van der Waals surface area contributed by atoms with Crippen LogP contribution in [0.2, 0.25) is 0 Å². The quantitative estimate of drug-likeness (QED) is 0.847. The minimum atomic E-state index is -3.58. The van der Waals surface area contributed by atoms with E-state index in [4.69, 9.17) is 5.26 Å². The second kappa shape index (κ2) is 5.70. The van der Waals surface area contributed by atoms with Gasteiger partial charge < -0.3 is 5.11 Å². The minimum absolute atomic E-state index is 0.224. The molecule has 1 aromatic rings. The van der Waals surface area contributed by atoms with Crippen LogP contribution in [0, 0.1) is 11.3 Å². The molecule has 0 aliphatic rings. The first kappa shape index (κ1) is 15.6. The number of nitriles is 1. The van der Waals surface area contributed by atoms with E-state index in [1.54, 1.807) is 32.0 Å². The van der Waals surface area contributed by atoms with E-state index in [1.807, 2.05) is 6.07 Å². The topological polar surface area (TPSA) is 90.2 Å². The van der Waals surface area contributed by atoms with Gasteiger partial charge in [-0.25, -0.2) is 13.1 Å². The molecule has 2 N–H and O–H groups in total. The Labute approximate surface area is 113 Å². The van der Waals surface area contributed by atoms with Crippen LogP contribution >= 0.6 is 0 Å². The lowest BCUT2D eigenvalue weighted by molar-refractivity contribution is 0.111. The fourth-order valence-corrected chi connectivity index (χ4v) is 3.13. The number of nitrogens with zero attached hydrogens (tertiary/aromatic N) is 1. The molecule has 0 saturated carbocycles. The largest absolute Gasteiger partial charge is 0.391 e. The number of hydrogen-bond acceptors (Lipinski definition) is 4. The predicted octanol–water partition coefficient (Wildman–Crippen LogP) is 1.14. The zero-order chi connectivity index (χ0) is 14.7. The lowest BCUT2D eigenvalue weighted by Gasteiger charge is -2.28. The zero-order valence-corrected chi connectivity index (χ0v) is 12.0. The summed E-state index contributed by atoms with van der Waals surface area (Å²) in [5.74, 6) is -0.224. The average molecular weight is 282 g/mol. The first-order valence-electron chi connectivity index (χ1n) is 5.85. The van der Waals surface area contributed by atoms with Gasteiger partial charge in [-0.2, -0.15) is 5.26 Å². The minimum Gasteiger partial charge on any atom is -0.391 e. The predicted molar refractivity (Wildman–Crippen MR) is 72.7 cm³/mol. The third kappa shape index (κ3) is 4.63. The van der Waals surface area contributed by atoms with Gasteiger partial charge in [0, 0.05) is 0 Å². The number of aliphatic hydroxyl groups is 1. The molecule has 6 heteroatoms. The Balaban J connectivity index is 2.89. The highest BCUT2D eigenvalue weighted by Crippen LogP contribution is 2.14. The maximum Gasteiger partial charge on any atom is 0.216 e. The molecule has 0 aliphatic heterocycles. The van der Waals surface area contributed by atoms with E-state index >= 15 is 0 Å². The van der Waals surface area contributed by atoms with Crippen LogP contribution in [-0.2, 0) is 15.8 Å². The summed E-state index contributed by atoms with van der Waals surface area (Å²) < 4.78 is 26.5. The van der Waals surface area contributed by atoms with Crippen molar-refractivity contribution < 1.29 is 13.5 Å². The van der Waals surface area contributed by atoms with E-state index < -0.39 is 21.7 Å². The van der Waals surface area contributed by atoms with Crippen LogP contribution in [0.25, 0.3) is 0 Å². The van der Waals surface area contributed by atoms with Crippen LogP contribution in [0.5, 0.6) is 0 Å². The molecule has 0 saturated heterocycles. The Morgan fingerprint density at radius 1 is 1.47 bits per heavy atom. The number of sulfonamides is 1. The Morgan fingerprint density at radius 2 is 2.11 bits per heavy atom. The van der Waals surface area contributed by atoms with E-state index in [0.29, 0.717) is 11.1 Å². The fraction of sp³-hybridized carbons (Fsp3) is 0.462. The molecule has 0 aromatic heterocycles. The maximum atomic E-state index is 12.0. The van der Waals surface area contributed by atoms with Crippen LogP contribution in [0.1, 0.15) is 31.9 Å². The van der Waals surface area contributed by atoms with Crippen molar-refractivity contribution in [1.29, 1.82) is 5.26 Å². The summed E-state index contributed by atoms with van der Waals surface area (Å²) in [6.45, 7) is 4.75.